The van der Waals surface area contributed by atoms with Crippen molar-refractivity contribution in [1.29, 1.82) is 0 Å². The molecule has 0 spiro atoms. The highest BCUT2D eigenvalue weighted by Gasteiger charge is 2.37. The molecule has 1 saturated heterocycles. The predicted octanol–water partition coefficient (Wildman–Crippen LogP) is 3.63. The van der Waals surface area contributed by atoms with Crippen LogP contribution in [-0.2, 0) is 15.4 Å². The molecule has 35 heavy (non-hydrogen) atoms. The second kappa shape index (κ2) is 8.64. The fourth-order valence-corrected chi connectivity index (χ4v) is 6.21. The summed E-state index contributed by atoms with van der Waals surface area (Å²) in [7, 11) is -3.23. The van der Waals surface area contributed by atoms with E-state index in [2.05, 4.69) is 30.5 Å². The summed E-state index contributed by atoms with van der Waals surface area (Å²) in [5, 5.41) is 0.431. The number of pyridine rings is 1. The standard InChI is InChI=1S/C26H31N3O5S/c1-26(2,3)22-12-17(19-5-4-9-27-24(19)30)11-20-21(15-34-23(20)22)25(31)29-10-8-16(14-29)13-28-35(32,33)18-6-7-18/h4-5,9,11-12,15-16,18,28H,6-8,10,13-14H2,1-3H3,(H,27,30)/t16-/m1/s1. The number of fused-ring (bicyclic) bond motifs is 1. The molecule has 1 saturated carbocycles. The molecule has 5 rings (SSSR count). The maximum atomic E-state index is 13.5. The molecular weight excluding hydrogens is 466 g/mol. The van der Waals surface area contributed by atoms with E-state index < -0.39 is 10.0 Å². The van der Waals surface area contributed by atoms with E-state index in [1.807, 2.05) is 12.1 Å². The molecule has 1 amide bonds. The summed E-state index contributed by atoms with van der Waals surface area (Å²) in [6.45, 7) is 7.61. The van der Waals surface area contributed by atoms with Gasteiger partial charge in [-0.2, -0.15) is 0 Å². The highest BCUT2D eigenvalue weighted by Crippen LogP contribution is 2.37. The quantitative estimate of drug-likeness (QED) is 0.540. The van der Waals surface area contributed by atoms with Gasteiger partial charge in [-0.15, -0.1) is 0 Å². The molecule has 2 fully saturated rings. The molecule has 1 aliphatic heterocycles. The Morgan fingerprint density at radius 3 is 2.69 bits per heavy atom. The summed E-state index contributed by atoms with van der Waals surface area (Å²) in [6, 6.07) is 7.36. The molecule has 8 nitrogen and oxygen atoms in total. The van der Waals surface area contributed by atoms with Gasteiger partial charge >= 0.3 is 0 Å². The van der Waals surface area contributed by atoms with Crippen molar-refractivity contribution in [3.8, 4) is 11.1 Å². The van der Waals surface area contributed by atoms with Crippen molar-refractivity contribution < 1.29 is 17.6 Å². The predicted molar refractivity (Wildman–Crippen MR) is 135 cm³/mol. The first-order valence-electron chi connectivity index (χ1n) is 12.1. The van der Waals surface area contributed by atoms with Crippen LogP contribution in [0, 0.1) is 5.92 Å². The monoisotopic (exact) mass is 497 g/mol. The summed E-state index contributed by atoms with van der Waals surface area (Å²) in [6.07, 6.45) is 5.30. The number of nitrogens with one attached hydrogen (secondary N) is 2. The normalized spacial score (nSPS) is 18.9. The van der Waals surface area contributed by atoms with Crippen molar-refractivity contribution in [2.75, 3.05) is 19.6 Å². The number of hydrogen-bond acceptors (Lipinski definition) is 5. The smallest absolute Gasteiger partial charge is 0.257 e. The molecule has 1 atom stereocenters. The number of H-pyrrole nitrogens is 1. The van der Waals surface area contributed by atoms with E-state index in [1.54, 1.807) is 23.2 Å². The molecule has 1 aromatic carbocycles. The lowest BCUT2D eigenvalue weighted by Gasteiger charge is -2.21. The molecule has 3 heterocycles. The summed E-state index contributed by atoms with van der Waals surface area (Å²) in [4.78, 5) is 30.5. The molecule has 0 radical (unpaired) electrons. The van der Waals surface area contributed by atoms with Gasteiger partial charge in [-0.1, -0.05) is 20.8 Å². The van der Waals surface area contributed by atoms with Crippen LogP contribution in [0.25, 0.3) is 22.1 Å². The highest BCUT2D eigenvalue weighted by atomic mass is 32.2. The zero-order chi connectivity index (χ0) is 25.0. The van der Waals surface area contributed by atoms with Gasteiger partial charge in [0.2, 0.25) is 10.0 Å². The third-order valence-corrected chi connectivity index (χ3v) is 8.87. The fourth-order valence-electron chi connectivity index (χ4n) is 4.75. The van der Waals surface area contributed by atoms with E-state index >= 15 is 0 Å². The fraction of sp³-hybridized carbons (Fsp3) is 0.462. The van der Waals surface area contributed by atoms with Crippen LogP contribution < -0.4 is 10.3 Å². The van der Waals surface area contributed by atoms with Gasteiger partial charge in [0.25, 0.3) is 11.5 Å². The van der Waals surface area contributed by atoms with Gasteiger partial charge in [0.05, 0.1) is 10.8 Å². The van der Waals surface area contributed by atoms with E-state index in [9.17, 15) is 18.0 Å². The van der Waals surface area contributed by atoms with Gasteiger partial charge in [-0.05, 0) is 60.4 Å². The number of carbonyl (C=O) groups is 1. The van der Waals surface area contributed by atoms with Gasteiger partial charge in [0, 0.05) is 42.3 Å². The third-order valence-electron chi connectivity index (χ3n) is 6.95. The van der Waals surface area contributed by atoms with Crippen LogP contribution in [0.2, 0.25) is 0 Å². The first kappa shape index (κ1) is 23.8. The van der Waals surface area contributed by atoms with Crippen LogP contribution in [0.15, 0.2) is 45.9 Å². The topological polar surface area (TPSA) is 112 Å². The van der Waals surface area contributed by atoms with Gasteiger partial charge in [0.15, 0.2) is 0 Å². The lowest BCUT2D eigenvalue weighted by Crippen LogP contribution is -2.34. The van der Waals surface area contributed by atoms with Crippen LogP contribution >= 0.6 is 0 Å². The van der Waals surface area contributed by atoms with E-state index in [0.717, 1.165) is 30.4 Å². The van der Waals surface area contributed by atoms with Crippen molar-refractivity contribution in [1.82, 2.24) is 14.6 Å². The number of sulfonamides is 1. The van der Waals surface area contributed by atoms with Crippen molar-refractivity contribution in [3.63, 3.8) is 0 Å². The number of aromatic nitrogens is 1. The first-order valence-corrected chi connectivity index (χ1v) is 13.6. The molecule has 0 unspecified atom stereocenters. The highest BCUT2D eigenvalue weighted by molar-refractivity contribution is 7.90. The SMILES string of the molecule is CC(C)(C)c1cc(-c2ccc[nH]c2=O)cc2c(C(=O)N3CC[C@H](CNS(=O)(=O)C4CC4)C3)coc12. The van der Waals surface area contributed by atoms with Gasteiger partial charge in [-0.25, -0.2) is 13.1 Å². The lowest BCUT2D eigenvalue weighted by atomic mass is 9.84. The molecule has 9 heteroatoms. The number of likely N-dealkylation sites (tertiary alicyclic amines) is 1. The van der Waals surface area contributed by atoms with Crippen LogP contribution in [-0.4, -0.2) is 49.1 Å². The molecule has 2 aliphatic rings. The lowest BCUT2D eigenvalue weighted by molar-refractivity contribution is 0.0788. The van der Waals surface area contributed by atoms with Crippen LogP contribution in [0.5, 0.6) is 0 Å². The summed E-state index contributed by atoms with van der Waals surface area (Å²) in [5.74, 6) is -0.0653. The molecular formula is C26H31N3O5S. The van der Waals surface area contributed by atoms with E-state index in [0.29, 0.717) is 41.7 Å². The molecule has 2 aromatic heterocycles. The van der Waals surface area contributed by atoms with E-state index in [4.69, 9.17) is 4.42 Å². The zero-order valence-electron chi connectivity index (χ0n) is 20.3. The molecule has 186 valence electrons. The number of aromatic amines is 1. The minimum absolute atomic E-state index is 0.0780. The largest absolute Gasteiger partial charge is 0.463 e. The zero-order valence-corrected chi connectivity index (χ0v) is 21.1. The minimum atomic E-state index is -3.23. The Bertz CT molecular complexity index is 1440. The van der Waals surface area contributed by atoms with E-state index in [1.165, 1.54) is 6.26 Å². The van der Waals surface area contributed by atoms with Crippen LogP contribution in [0.4, 0.5) is 0 Å². The van der Waals surface area contributed by atoms with Crippen molar-refractivity contribution >= 4 is 26.9 Å². The Morgan fingerprint density at radius 2 is 2.00 bits per heavy atom. The Hall–Kier alpha value is -2.91. The molecule has 2 N–H and O–H groups in total. The number of hydrogen-bond donors (Lipinski definition) is 2. The summed E-state index contributed by atoms with van der Waals surface area (Å²) >= 11 is 0. The Kier molecular flexibility index (Phi) is 5.88. The average Bonchev–Trinajstić information content (AvgIpc) is 3.43. The van der Waals surface area contributed by atoms with Crippen LogP contribution in [0.1, 0.15) is 56.0 Å². The minimum Gasteiger partial charge on any atom is -0.463 e. The number of carbonyl (C=O) groups excluding carboxylic acids is 1. The molecule has 3 aromatic rings. The Morgan fingerprint density at radius 1 is 1.23 bits per heavy atom. The maximum Gasteiger partial charge on any atom is 0.257 e. The average molecular weight is 498 g/mol. The molecule has 0 bridgehead atoms. The van der Waals surface area contributed by atoms with Gasteiger partial charge in [-0.3, -0.25) is 9.59 Å². The number of furan rings is 1. The van der Waals surface area contributed by atoms with Gasteiger partial charge < -0.3 is 14.3 Å². The number of rotatable bonds is 6. The third kappa shape index (κ3) is 4.67. The Balaban J connectivity index is 1.44. The number of benzene rings is 1. The maximum absolute atomic E-state index is 13.5. The molecule has 1 aliphatic carbocycles. The van der Waals surface area contributed by atoms with E-state index in [-0.39, 0.29) is 28.0 Å². The van der Waals surface area contributed by atoms with Crippen LogP contribution in [0.3, 0.4) is 0 Å². The Labute approximate surface area is 204 Å². The first-order chi connectivity index (χ1) is 16.5. The second-order valence-corrected chi connectivity index (χ2v) is 12.8. The van der Waals surface area contributed by atoms with Crippen molar-refractivity contribution in [2.45, 2.75) is 50.7 Å². The van der Waals surface area contributed by atoms with Crippen molar-refractivity contribution in [3.05, 3.63) is 58.2 Å². The van der Waals surface area contributed by atoms with Gasteiger partial charge in [0.1, 0.15) is 11.8 Å². The number of nitrogens with zero attached hydrogens (tertiary/aromatic N) is 1. The van der Waals surface area contributed by atoms with Crippen molar-refractivity contribution in [2.24, 2.45) is 5.92 Å². The second-order valence-electron chi connectivity index (χ2n) is 10.7. The number of amides is 1. The summed E-state index contributed by atoms with van der Waals surface area (Å²) < 4.78 is 33.0. The summed E-state index contributed by atoms with van der Waals surface area (Å²) in [5.41, 5.74) is 2.81.